The van der Waals surface area contributed by atoms with Crippen LogP contribution in [0.3, 0.4) is 0 Å². The van der Waals surface area contributed by atoms with Crippen LogP contribution in [0, 0.1) is 5.92 Å². The third kappa shape index (κ3) is 3.07. The topological polar surface area (TPSA) is 48.4 Å². The number of hydrogen-bond donors (Lipinski definition) is 2. The highest BCUT2D eigenvalue weighted by molar-refractivity contribution is 5.42. The maximum absolute atomic E-state index is 9.50. The van der Waals surface area contributed by atoms with E-state index in [0.29, 0.717) is 12.0 Å². The average Bonchev–Trinajstić information content (AvgIpc) is 2.80. The highest BCUT2D eigenvalue weighted by atomic mass is 16.3. The Morgan fingerprint density at radius 2 is 2.32 bits per heavy atom. The van der Waals surface area contributed by atoms with E-state index in [4.69, 9.17) is 0 Å². The van der Waals surface area contributed by atoms with E-state index in [1.54, 1.807) is 0 Å². The second-order valence-corrected chi connectivity index (χ2v) is 5.44. The fourth-order valence-electron chi connectivity index (χ4n) is 2.82. The van der Waals surface area contributed by atoms with Crippen molar-refractivity contribution < 1.29 is 5.11 Å². The lowest BCUT2D eigenvalue weighted by Gasteiger charge is -2.26. The molecule has 0 saturated carbocycles. The van der Waals surface area contributed by atoms with Gasteiger partial charge in [0.15, 0.2) is 0 Å². The van der Waals surface area contributed by atoms with Crippen LogP contribution in [0.2, 0.25) is 0 Å². The lowest BCUT2D eigenvalue weighted by atomic mass is 10.0. The van der Waals surface area contributed by atoms with Crippen molar-refractivity contribution in [3.8, 4) is 0 Å². The van der Waals surface area contributed by atoms with Gasteiger partial charge in [-0.25, -0.2) is 4.98 Å². The molecule has 0 spiro atoms. The molecule has 0 radical (unpaired) electrons. The number of pyridine rings is 1. The van der Waals surface area contributed by atoms with Crippen LogP contribution in [-0.2, 0) is 0 Å². The number of aliphatic hydroxyl groups excluding tert-OH is 1. The molecule has 0 aliphatic carbocycles. The fourth-order valence-corrected chi connectivity index (χ4v) is 2.82. The monoisotopic (exact) mass is 263 g/mol. The molecule has 0 amide bonds. The zero-order chi connectivity index (χ0) is 13.8. The van der Waals surface area contributed by atoms with Gasteiger partial charge in [-0.3, -0.25) is 0 Å². The first-order valence-electron chi connectivity index (χ1n) is 7.24. The van der Waals surface area contributed by atoms with Crippen molar-refractivity contribution in [2.24, 2.45) is 5.92 Å². The van der Waals surface area contributed by atoms with Crippen molar-refractivity contribution in [3.63, 3.8) is 0 Å². The summed E-state index contributed by atoms with van der Waals surface area (Å²) in [5.74, 6) is 1.52. The second kappa shape index (κ2) is 6.35. The van der Waals surface area contributed by atoms with Crippen molar-refractivity contribution in [2.75, 3.05) is 24.6 Å². The molecule has 1 aromatic rings. The van der Waals surface area contributed by atoms with Gasteiger partial charge in [0, 0.05) is 18.8 Å². The molecule has 1 aliphatic rings. The predicted octanol–water partition coefficient (Wildman–Crippen LogP) is 1.96. The molecule has 3 atom stereocenters. The van der Waals surface area contributed by atoms with E-state index in [2.05, 4.69) is 48.1 Å². The van der Waals surface area contributed by atoms with Crippen molar-refractivity contribution in [1.82, 2.24) is 10.3 Å². The Balaban J connectivity index is 2.10. The fraction of sp³-hybridized carbons (Fsp3) is 0.667. The molecule has 4 nitrogen and oxygen atoms in total. The number of rotatable bonds is 5. The summed E-state index contributed by atoms with van der Waals surface area (Å²) in [6.45, 7) is 8.60. The van der Waals surface area contributed by atoms with Crippen LogP contribution in [0.25, 0.3) is 0 Å². The van der Waals surface area contributed by atoms with E-state index < -0.39 is 0 Å². The zero-order valence-electron chi connectivity index (χ0n) is 12.1. The molecule has 0 aromatic carbocycles. The molecule has 2 N–H and O–H groups in total. The highest BCUT2D eigenvalue weighted by Crippen LogP contribution is 2.28. The zero-order valence-corrected chi connectivity index (χ0v) is 12.1. The number of nitrogens with one attached hydrogen (secondary N) is 1. The Hall–Kier alpha value is -1.13. The first kappa shape index (κ1) is 14.3. The summed E-state index contributed by atoms with van der Waals surface area (Å²) in [5.41, 5.74) is 1.21. The summed E-state index contributed by atoms with van der Waals surface area (Å²) in [7, 11) is 0. The number of aliphatic hydroxyl groups is 1. The number of aromatic nitrogens is 1. The Labute approximate surface area is 115 Å². The Morgan fingerprint density at radius 1 is 1.53 bits per heavy atom. The van der Waals surface area contributed by atoms with Crippen molar-refractivity contribution >= 4 is 5.82 Å². The van der Waals surface area contributed by atoms with Crippen molar-refractivity contribution in [1.29, 1.82) is 0 Å². The van der Waals surface area contributed by atoms with Gasteiger partial charge in [-0.15, -0.1) is 0 Å². The van der Waals surface area contributed by atoms with Crippen molar-refractivity contribution in [2.45, 2.75) is 39.3 Å². The van der Waals surface area contributed by atoms with E-state index in [1.807, 2.05) is 6.20 Å². The van der Waals surface area contributed by atoms with Gasteiger partial charge in [0.05, 0.1) is 12.6 Å². The van der Waals surface area contributed by atoms with Crippen LogP contribution in [0.15, 0.2) is 18.3 Å². The minimum atomic E-state index is 0.207. The van der Waals surface area contributed by atoms with Gasteiger partial charge < -0.3 is 15.3 Å². The Kier molecular flexibility index (Phi) is 4.77. The van der Waals surface area contributed by atoms with E-state index >= 15 is 0 Å². The van der Waals surface area contributed by atoms with Gasteiger partial charge in [0.2, 0.25) is 0 Å². The average molecular weight is 263 g/mol. The number of hydrogen-bond acceptors (Lipinski definition) is 4. The SMILES string of the molecule is CCNC(C)c1ccc(N2CCC(C)C2CO)nc1. The molecule has 0 bridgehead atoms. The first-order chi connectivity index (χ1) is 9.17. The molecule has 4 heteroatoms. The van der Waals surface area contributed by atoms with Crippen LogP contribution >= 0.6 is 0 Å². The minimum absolute atomic E-state index is 0.207. The van der Waals surface area contributed by atoms with Crippen LogP contribution in [-0.4, -0.2) is 35.8 Å². The molecule has 3 unspecified atom stereocenters. The number of anilines is 1. The molecule has 1 fully saturated rings. The predicted molar refractivity (Wildman–Crippen MR) is 78.3 cm³/mol. The molecule has 1 saturated heterocycles. The maximum atomic E-state index is 9.50. The van der Waals surface area contributed by atoms with Crippen LogP contribution in [0.5, 0.6) is 0 Å². The Morgan fingerprint density at radius 3 is 2.89 bits per heavy atom. The van der Waals surface area contributed by atoms with Gasteiger partial charge in [-0.05, 0) is 37.4 Å². The van der Waals surface area contributed by atoms with Crippen molar-refractivity contribution in [3.05, 3.63) is 23.9 Å². The molecular weight excluding hydrogens is 238 g/mol. The lowest BCUT2D eigenvalue weighted by molar-refractivity contribution is 0.244. The third-order valence-corrected chi connectivity index (χ3v) is 4.14. The smallest absolute Gasteiger partial charge is 0.128 e. The highest BCUT2D eigenvalue weighted by Gasteiger charge is 2.31. The minimum Gasteiger partial charge on any atom is -0.394 e. The molecular formula is C15H25N3O. The Bertz CT molecular complexity index is 393. The van der Waals surface area contributed by atoms with E-state index in [9.17, 15) is 5.11 Å². The lowest BCUT2D eigenvalue weighted by Crippen LogP contribution is -2.35. The van der Waals surface area contributed by atoms with E-state index in [-0.39, 0.29) is 12.6 Å². The summed E-state index contributed by atoms with van der Waals surface area (Å²) in [6, 6.07) is 4.75. The summed E-state index contributed by atoms with van der Waals surface area (Å²) in [4.78, 5) is 6.80. The van der Waals surface area contributed by atoms with Crippen LogP contribution < -0.4 is 10.2 Å². The summed E-state index contributed by atoms with van der Waals surface area (Å²) in [6.07, 6.45) is 3.07. The van der Waals surface area contributed by atoms with Gasteiger partial charge in [-0.2, -0.15) is 0 Å². The molecule has 19 heavy (non-hydrogen) atoms. The van der Waals surface area contributed by atoms with Gasteiger partial charge >= 0.3 is 0 Å². The van der Waals surface area contributed by atoms with E-state index in [0.717, 1.165) is 25.3 Å². The van der Waals surface area contributed by atoms with Gasteiger partial charge in [-0.1, -0.05) is 19.9 Å². The summed E-state index contributed by atoms with van der Waals surface area (Å²) < 4.78 is 0. The number of nitrogens with zero attached hydrogens (tertiary/aromatic N) is 2. The van der Waals surface area contributed by atoms with E-state index in [1.165, 1.54) is 5.56 Å². The standard InChI is InChI=1S/C15H25N3O/c1-4-16-12(3)13-5-6-15(17-9-13)18-8-7-11(2)14(18)10-19/h5-6,9,11-12,14,16,19H,4,7-8,10H2,1-3H3. The first-order valence-corrected chi connectivity index (χ1v) is 7.24. The molecule has 1 aromatic heterocycles. The van der Waals surface area contributed by atoms with Gasteiger partial charge in [0.1, 0.15) is 5.82 Å². The maximum Gasteiger partial charge on any atom is 0.128 e. The van der Waals surface area contributed by atoms with Gasteiger partial charge in [0.25, 0.3) is 0 Å². The largest absolute Gasteiger partial charge is 0.394 e. The quantitative estimate of drug-likeness (QED) is 0.852. The van der Waals surface area contributed by atoms with Crippen LogP contribution in [0.1, 0.15) is 38.8 Å². The van der Waals surface area contributed by atoms with Crippen LogP contribution in [0.4, 0.5) is 5.82 Å². The third-order valence-electron chi connectivity index (χ3n) is 4.14. The molecule has 2 heterocycles. The molecule has 2 rings (SSSR count). The normalized spacial score (nSPS) is 24.7. The molecule has 1 aliphatic heterocycles. The summed E-state index contributed by atoms with van der Waals surface area (Å²) >= 11 is 0. The summed E-state index contributed by atoms with van der Waals surface area (Å²) in [5, 5.41) is 12.9. The second-order valence-electron chi connectivity index (χ2n) is 5.44. The molecule has 106 valence electrons.